The number of carbonyl (C=O) groups excluding carboxylic acids is 2. The van der Waals surface area contributed by atoms with Crippen molar-refractivity contribution in [3.05, 3.63) is 66.0 Å². The van der Waals surface area contributed by atoms with Crippen LogP contribution in [0.1, 0.15) is 31.7 Å². The molecule has 126 valence electrons. The Balaban J connectivity index is 1.84. The molecule has 0 bridgehead atoms. The van der Waals surface area contributed by atoms with E-state index < -0.39 is 18.0 Å². The highest BCUT2D eigenvalue weighted by Crippen LogP contribution is 2.19. The van der Waals surface area contributed by atoms with Crippen LogP contribution in [0.15, 0.2) is 54.6 Å². The minimum absolute atomic E-state index is 0.00561. The molecule has 0 spiro atoms. The van der Waals surface area contributed by atoms with Crippen LogP contribution in [-0.2, 0) is 14.3 Å². The molecule has 0 radical (unpaired) electrons. The summed E-state index contributed by atoms with van der Waals surface area (Å²) in [6.45, 7) is 3.43. The molecule has 2 atom stereocenters. The first-order valence-corrected chi connectivity index (χ1v) is 7.76. The van der Waals surface area contributed by atoms with Crippen molar-refractivity contribution in [1.82, 2.24) is 0 Å². The van der Waals surface area contributed by atoms with Gasteiger partial charge in [-0.2, -0.15) is 0 Å². The molecule has 5 heteroatoms. The van der Waals surface area contributed by atoms with Gasteiger partial charge >= 0.3 is 5.97 Å². The van der Waals surface area contributed by atoms with E-state index in [4.69, 9.17) is 4.74 Å². The average Bonchev–Trinajstić information content (AvgIpc) is 2.57. The van der Waals surface area contributed by atoms with Crippen molar-refractivity contribution in [2.45, 2.75) is 32.3 Å². The Labute approximate surface area is 140 Å². The topological polar surface area (TPSA) is 55.4 Å². The van der Waals surface area contributed by atoms with Crippen LogP contribution in [0.5, 0.6) is 0 Å². The third kappa shape index (κ3) is 5.19. The first-order valence-electron chi connectivity index (χ1n) is 7.76. The summed E-state index contributed by atoms with van der Waals surface area (Å²) in [5.74, 6) is -1.27. The van der Waals surface area contributed by atoms with E-state index in [2.05, 4.69) is 5.32 Å². The predicted molar refractivity (Wildman–Crippen MR) is 90.1 cm³/mol. The van der Waals surface area contributed by atoms with Crippen LogP contribution in [0.25, 0.3) is 0 Å². The van der Waals surface area contributed by atoms with Crippen LogP contribution >= 0.6 is 0 Å². The number of hydrogen-bond donors (Lipinski definition) is 1. The predicted octanol–water partition coefficient (Wildman–Crippen LogP) is 3.89. The Bertz CT molecular complexity index is 686. The van der Waals surface area contributed by atoms with Gasteiger partial charge in [-0.1, -0.05) is 37.3 Å². The molecular formula is C19H20FNO3. The minimum atomic E-state index is -0.925. The Hall–Kier alpha value is -2.69. The number of carbonyl (C=O) groups is 2. The normalized spacial score (nSPS) is 13.0. The number of nitrogens with one attached hydrogen (secondary N) is 1. The smallest absolute Gasteiger partial charge is 0.307 e. The third-order valence-electron chi connectivity index (χ3n) is 3.63. The molecule has 1 amide bonds. The number of benzene rings is 2. The molecule has 4 nitrogen and oxygen atoms in total. The molecule has 0 saturated heterocycles. The van der Waals surface area contributed by atoms with E-state index in [0.717, 1.165) is 5.56 Å². The second-order valence-corrected chi connectivity index (χ2v) is 5.64. The summed E-state index contributed by atoms with van der Waals surface area (Å²) in [7, 11) is 0. The molecular weight excluding hydrogens is 309 g/mol. The first kappa shape index (κ1) is 17.7. The van der Waals surface area contributed by atoms with Gasteiger partial charge in [-0.05, 0) is 42.7 Å². The van der Waals surface area contributed by atoms with Crippen LogP contribution in [-0.4, -0.2) is 18.0 Å². The van der Waals surface area contributed by atoms with E-state index in [1.807, 2.05) is 37.3 Å². The van der Waals surface area contributed by atoms with Crippen molar-refractivity contribution in [3.63, 3.8) is 0 Å². The van der Waals surface area contributed by atoms with Crippen molar-refractivity contribution in [1.29, 1.82) is 0 Å². The summed E-state index contributed by atoms with van der Waals surface area (Å²) < 4.78 is 18.0. The van der Waals surface area contributed by atoms with E-state index in [1.54, 1.807) is 0 Å². The van der Waals surface area contributed by atoms with Gasteiger partial charge in [0.25, 0.3) is 5.91 Å². The SMILES string of the molecule is C[C@H](OC(=O)C[C@H](C)c1ccccc1)C(=O)Nc1ccc(F)cc1. The zero-order chi connectivity index (χ0) is 17.5. The van der Waals surface area contributed by atoms with Crippen molar-refractivity contribution >= 4 is 17.6 Å². The molecule has 24 heavy (non-hydrogen) atoms. The van der Waals surface area contributed by atoms with Gasteiger partial charge < -0.3 is 10.1 Å². The van der Waals surface area contributed by atoms with E-state index >= 15 is 0 Å². The maximum Gasteiger partial charge on any atom is 0.307 e. The van der Waals surface area contributed by atoms with Gasteiger partial charge in [0.1, 0.15) is 5.82 Å². The van der Waals surface area contributed by atoms with Crippen molar-refractivity contribution in [2.24, 2.45) is 0 Å². The number of amides is 1. The highest BCUT2D eigenvalue weighted by atomic mass is 19.1. The average molecular weight is 329 g/mol. The maximum absolute atomic E-state index is 12.8. The molecule has 0 aromatic heterocycles. The molecule has 0 heterocycles. The van der Waals surface area contributed by atoms with E-state index in [1.165, 1.54) is 31.2 Å². The lowest BCUT2D eigenvalue weighted by Crippen LogP contribution is -2.30. The standard InChI is InChI=1S/C19H20FNO3/c1-13(15-6-4-3-5-7-15)12-18(22)24-14(2)19(23)21-17-10-8-16(20)9-11-17/h3-11,13-14H,12H2,1-2H3,(H,21,23)/t13-,14-/m0/s1. The lowest BCUT2D eigenvalue weighted by Gasteiger charge is -2.16. The highest BCUT2D eigenvalue weighted by Gasteiger charge is 2.20. The lowest BCUT2D eigenvalue weighted by atomic mass is 9.98. The Morgan fingerprint density at radius 1 is 1.04 bits per heavy atom. The Morgan fingerprint density at radius 3 is 2.29 bits per heavy atom. The lowest BCUT2D eigenvalue weighted by molar-refractivity contribution is -0.153. The van der Waals surface area contributed by atoms with Gasteiger partial charge in [0.15, 0.2) is 6.10 Å². The van der Waals surface area contributed by atoms with Crippen molar-refractivity contribution in [3.8, 4) is 0 Å². The number of halogens is 1. The summed E-state index contributed by atoms with van der Waals surface area (Å²) in [5, 5.41) is 2.58. The molecule has 2 aromatic carbocycles. The summed E-state index contributed by atoms with van der Waals surface area (Å²) in [6.07, 6.45) is -0.733. The fraction of sp³-hybridized carbons (Fsp3) is 0.263. The Morgan fingerprint density at radius 2 is 1.67 bits per heavy atom. The molecule has 2 rings (SSSR count). The molecule has 0 saturated carbocycles. The fourth-order valence-electron chi connectivity index (χ4n) is 2.23. The second kappa shape index (κ2) is 8.24. The molecule has 0 aliphatic carbocycles. The van der Waals surface area contributed by atoms with Gasteiger partial charge in [0.05, 0.1) is 6.42 Å². The zero-order valence-electron chi connectivity index (χ0n) is 13.7. The van der Waals surface area contributed by atoms with E-state index in [0.29, 0.717) is 5.69 Å². The fourth-order valence-corrected chi connectivity index (χ4v) is 2.23. The summed E-state index contributed by atoms with van der Waals surface area (Å²) in [5.41, 5.74) is 1.49. The molecule has 0 aliphatic rings. The first-order chi connectivity index (χ1) is 11.5. The van der Waals surface area contributed by atoms with Gasteiger partial charge in [-0.15, -0.1) is 0 Å². The third-order valence-corrected chi connectivity index (χ3v) is 3.63. The molecule has 2 aromatic rings. The summed E-state index contributed by atoms with van der Waals surface area (Å²) >= 11 is 0. The molecule has 0 unspecified atom stereocenters. The zero-order valence-corrected chi connectivity index (χ0v) is 13.7. The second-order valence-electron chi connectivity index (χ2n) is 5.64. The number of esters is 1. The minimum Gasteiger partial charge on any atom is -0.453 e. The van der Waals surface area contributed by atoms with Crippen molar-refractivity contribution < 1.29 is 18.7 Å². The number of anilines is 1. The van der Waals surface area contributed by atoms with Gasteiger partial charge in [0.2, 0.25) is 0 Å². The van der Waals surface area contributed by atoms with Crippen LogP contribution in [0.4, 0.5) is 10.1 Å². The highest BCUT2D eigenvalue weighted by molar-refractivity contribution is 5.95. The maximum atomic E-state index is 12.8. The van der Waals surface area contributed by atoms with Crippen LogP contribution in [0.3, 0.4) is 0 Å². The number of hydrogen-bond acceptors (Lipinski definition) is 3. The summed E-state index contributed by atoms with van der Waals surface area (Å²) in [4.78, 5) is 24.0. The van der Waals surface area contributed by atoms with E-state index in [9.17, 15) is 14.0 Å². The van der Waals surface area contributed by atoms with Gasteiger partial charge in [-0.3, -0.25) is 9.59 Å². The van der Waals surface area contributed by atoms with Crippen LogP contribution in [0, 0.1) is 5.82 Å². The van der Waals surface area contributed by atoms with Crippen molar-refractivity contribution in [2.75, 3.05) is 5.32 Å². The number of ether oxygens (including phenoxy) is 1. The van der Waals surface area contributed by atoms with Gasteiger partial charge in [-0.25, -0.2) is 4.39 Å². The summed E-state index contributed by atoms with van der Waals surface area (Å²) in [6, 6.07) is 15.0. The molecule has 1 N–H and O–H groups in total. The molecule has 0 fully saturated rings. The Kier molecular flexibility index (Phi) is 6.07. The van der Waals surface area contributed by atoms with Crippen LogP contribution < -0.4 is 5.32 Å². The quantitative estimate of drug-likeness (QED) is 0.818. The van der Waals surface area contributed by atoms with E-state index in [-0.39, 0.29) is 18.2 Å². The largest absolute Gasteiger partial charge is 0.453 e. The van der Waals surface area contributed by atoms with Gasteiger partial charge in [0, 0.05) is 5.69 Å². The monoisotopic (exact) mass is 329 g/mol. The number of rotatable bonds is 6. The molecule has 0 aliphatic heterocycles. The van der Waals surface area contributed by atoms with Crippen LogP contribution in [0.2, 0.25) is 0 Å².